The Balaban J connectivity index is 0.00000380. The highest BCUT2D eigenvalue weighted by Crippen LogP contribution is 2.44. The Hall–Kier alpha value is -1.98. The van der Waals surface area contributed by atoms with E-state index in [4.69, 9.17) is 14.2 Å². The van der Waals surface area contributed by atoms with Gasteiger partial charge in [-0.2, -0.15) is 0 Å². The molecule has 0 radical (unpaired) electrons. The van der Waals surface area contributed by atoms with Crippen molar-refractivity contribution < 1.29 is 76.4 Å². The van der Waals surface area contributed by atoms with E-state index in [-0.39, 0.29) is 22.9 Å². The molecule has 4 rings (SSSR count). The zero-order valence-electron chi connectivity index (χ0n) is 19.7. The van der Waals surface area contributed by atoms with Crippen molar-refractivity contribution in [3.05, 3.63) is 30.1 Å². The van der Waals surface area contributed by atoms with Crippen LogP contribution in [0.4, 0.5) is 0 Å². The first-order valence-electron chi connectivity index (χ1n) is 11.5. The summed E-state index contributed by atoms with van der Waals surface area (Å²) >= 11 is 0. The van der Waals surface area contributed by atoms with Crippen molar-refractivity contribution in [3.63, 3.8) is 0 Å². The van der Waals surface area contributed by atoms with Crippen molar-refractivity contribution in [2.24, 2.45) is 0 Å². The van der Waals surface area contributed by atoms with Crippen LogP contribution in [0.2, 0.25) is 0 Å². The number of aromatic nitrogens is 1. The summed E-state index contributed by atoms with van der Waals surface area (Å²) in [6, 6.07) is 3.33. The summed E-state index contributed by atoms with van der Waals surface area (Å²) in [5.74, 6) is -3.13. The first kappa shape index (κ1) is 29.6. The number of likely N-dealkylation sites (tertiary alicyclic amines) is 1. The Morgan fingerprint density at radius 2 is 1.59 bits per heavy atom. The van der Waals surface area contributed by atoms with E-state index in [1.807, 2.05) is 6.07 Å². The van der Waals surface area contributed by atoms with Gasteiger partial charge in [-0.25, -0.2) is 9.59 Å². The summed E-state index contributed by atoms with van der Waals surface area (Å²) in [4.78, 5) is 27.5. The summed E-state index contributed by atoms with van der Waals surface area (Å²) in [5, 5.41) is 71.0. The fraction of sp³-hybridized carbons (Fsp3) is 0.682. The van der Waals surface area contributed by atoms with Crippen molar-refractivity contribution in [3.8, 4) is 0 Å². The zero-order valence-corrected chi connectivity index (χ0v) is 20.5. The molecule has 37 heavy (non-hydrogen) atoms. The number of nitrogens with zero attached hydrogens (tertiary/aromatic N) is 2. The normalized spacial score (nSPS) is 44.1. The molecule has 4 heterocycles. The molecule has 12 unspecified atom stereocenters. The molecule has 0 saturated carbocycles. The molecular weight excluding hydrogens is 520 g/mol. The molecule has 15 heteroatoms. The summed E-state index contributed by atoms with van der Waals surface area (Å²) < 4.78 is 16.8. The zero-order chi connectivity index (χ0) is 26.4. The fourth-order valence-electron chi connectivity index (χ4n) is 5.46. The number of rotatable bonds is 6. The molecule has 0 bridgehead atoms. The van der Waals surface area contributed by atoms with E-state index in [1.54, 1.807) is 25.5 Å². The number of pyridine rings is 1. The predicted molar refractivity (Wildman–Crippen MR) is 115 cm³/mol. The van der Waals surface area contributed by atoms with Crippen LogP contribution in [0, 0.1) is 0 Å². The predicted octanol–water partition coefficient (Wildman–Crippen LogP) is -5.82. The van der Waals surface area contributed by atoms with Gasteiger partial charge in [-0.05, 0) is 6.07 Å². The second kappa shape index (κ2) is 11.4. The van der Waals surface area contributed by atoms with Crippen molar-refractivity contribution in [1.82, 2.24) is 4.98 Å². The lowest BCUT2D eigenvalue weighted by Crippen LogP contribution is -3.00. The van der Waals surface area contributed by atoms with E-state index >= 15 is 0 Å². The third kappa shape index (κ3) is 5.31. The van der Waals surface area contributed by atoms with Gasteiger partial charge in [0.25, 0.3) is 0 Å². The molecule has 1 aromatic heterocycles. The number of aliphatic carboxylic acids is 2. The number of carboxylic acids is 2. The third-order valence-electron chi connectivity index (χ3n) is 7.39. The van der Waals surface area contributed by atoms with Crippen LogP contribution in [0.3, 0.4) is 0 Å². The third-order valence-corrected chi connectivity index (χ3v) is 7.39. The number of aliphatic hydroxyl groups is 5. The molecule has 12 atom stereocenters. The number of quaternary nitrogens is 1. The number of carbonyl (C=O) groups is 2. The number of hydrogen-bond acceptors (Lipinski definition) is 11. The maximum atomic E-state index is 11.8. The molecular formula is C22H31ClN2O12. The van der Waals surface area contributed by atoms with E-state index < -0.39 is 73.3 Å². The molecule has 0 aliphatic carbocycles. The Morgan fingerprint density at radius 1 is 0.973 bits per heavy atom. The standard InChI is InChI=1S/C22H30N2O12.ClH/c1-24(7-3-5-10(24)9-4-2-6-23-8-9)19-16(13(27)14(28)17(34-19)20(30)31)35-22-15(29)11(25)12(26)18(36-22)21(32)33;/h2,4,6,8,10-19,22,25-29H,3,5,7H2,1H3,(H-,30,31,32,33);1H. The van der Waals surface area contributed by atoms with Gasteiger partial charge in [0.1, 0.15) is 36.6 Å². The van der Waals surface area contributed by atoms with Crippen molar-refractivity contribution in [1.29, 1.82) is 0 Å². The van der Waals surface area contributed by atoms with E-state index in [2.05, 4.69) is 4.98 Å². The van der Waals surface area contributed by atoms with Crippen LogP contribution in [0.25, 0.3) is 0 Å². The van der Waals surface area contributed by atoms with Crippen LogP contribution >= 0.6 is 0 Å². The second-order valence-corrected chi connectivity index (χ2v) is 9.62. The summed E-state index contributed by atoms with van der Waals surface area (Å²) in [5.41, 5.74) is 0.825. The average Bonchev–Trinajstić information content (AvgIpc) is 3.24. The van der Waals surface area contributed by atoms with Crippen molar-refractivity contribution >= 4 is 11.9 Å². The molecule has 3 fully saturated rings. The molecule has 3 aliphatic rings. The first-order valence-corrected chi connectivity index (χ1v) is 11.5. The van der Waals surface area contributed by atoms with E-state index in [9.17, 15) is 45.3 Å². The van der Waals surface area contributed by atoms with Crippen molar-refractivity contribution in [2.45, 2.75) is 80.2 Å². The quantitative estimate of drug-likeness (QED) is 0.164. The number of hydrogen-bond donors (Lipinski definition) is 7. The van der Waals surface area contributed by atoms with Crippen LogP contribution in [-0.2, 0) is 23.8 Å². The molecule has 14 nitrogen and oxygen atoms in total. The lowest BCUT2D eigenvalue weighted by Gasteiger charge is -2.51. The number of carboxylic acid groups (broad SMARTS) is 2. The monoisotopic (exact) mass is 550 g/mol. The SMILES string of the molecule is C[N+]1(C2OC(C(=O)O)C(O)C(O)C2OC2OC(C(=O)O)C(O)C(O)C2O)CCCC1c1cccnc1.[Cl-]. The molecule has 1 aromatic rings. The highest BCUT2D eigenvalue weighted by Gasteiger charge is 2.60. The smallest absolute Gasteiger partial charge is 0.335 e. The maximum Gasteiger partial charge on any atom is 0.335 e. The van der Waals surface area contributed by atoms with Gasteiger partial charge in [0.15, 0.2) is 24.6 Å². The van der Waals surface area contributed by atoms with Crippen LogP contribution in [0.1, 0.15) is 24.4 Å². The van der Waals surface area contributed by atoms with E-state index in [0.29, 0.717) is 19.4 Å². The molecule has 0 amide bonds. The highest BCUT2D eigenvalue weighted by atomic mass is 35.5. The van der Waals surface area contributed by atoms with Gasteiger partial charge in [-0.1, -0.05) is 6.07 Å². The molecule has 3 aliphatic heterocycles. The van der Waals surface area contributed by atoms with Gasteiger partial charge in [0.05, 0.1) is 13.6 Å². The molecule has 3 saturated heterocycles. The minimum atomic E-state index is -1.96. The average molecular weight is 551 g/mol. The largest absolute Gasteiger partial charge is 1.00 e. The minimum Gasteiger partial charge on any atom is -1.00 e. The van der Waals surface area contributed by atoms with Crippen LogP contribution in [0.5, 0.6) is 0 Å². The lowest BCUT2D eigenvalue weighted by molar-refractivity contribution is -0.977. The van der Waals surface area contributed by atoms with Gasteiger partial charge in [-0.3, -0.25) is 9.47 Å². The number of ether oxygens (including phenoxy) is 3. The molecule has 0 aromatic carbocycles. The summed E-state index contributed by atoms with van der Waals surface area (Å²) in [6.45, 7) is 0.465. The van der Waals surface area contributed by atoms with Gasteiger partial charge < -0.3 is 62.4 Å². The lowest BCUT2D eigenvalue weighted by atomic mass is 9.94. The van der Waals surface area contributed by atoms with Gasteiger partial charge >= 0.3 is 11.9 Å². The maximum absolute atomic E-state index is 11.8. The first-order chi connectivity index (χ1) is 17.0. The Bertz CT molecular complexity index is 959. The van der Waals surface area contributed by atoms with Gasteiger partial charge in [0.2, 0.25) is 6.23 Å². The van der Waals surface area contributed by atoms with Crippen LogP contribution < -0.4 is 12.4 Å². The molecule has 0 spiro atoms. The second-order valence-electron chi connectivity index (χ2n) is 9.62. The minimum absolute atomic E-state index is 0. The number of aliphatic hydroxyl groups excluding tert-OH is 5. The van der Waals surface area contributed by atoms with Crippen LogP contribution in [-0.4, -0.2) is 132 Å². The van der Waals surface area contributed by atoms with Gasteiger partial charge in [0, 0.05) is 30.8 Å². The molecule has 7 N–H and O–H groups in total. The Labute approximate surface area is 217 Å². The fourth-order valence-corrected chi connectivity index (χ4v) is 5.46. The van der Waals surface area contributed by atoms with E-state index in [1.165, 1.54) is 0 Å². The Morgan fingerprint density at radius 3 is 2.19 bits per heavy atom. The topological polar surface area (TPSA) is 216 Å². The molecule has 208 valence electrons. The van der Waals surface area contributed by atoms with Crippen LogP contribution in [0.15, 0.2) is 24.5 Å². The Kier molecular flexibility index (Phi) is 9.12. The van der Waals surface area contributed by atoms with Gasteiger partial charge in [-0.15, -0.1) is 0 Å². The number of halogens is 1. The number of likely N-dealkylation sites (N-methyl/N-ethyl adjacent to an activating group) is 1. The van der Waals surface area contributed by atoms with Crippen molar-refractivity contribution in [2.75, 3.05) is 13.6 Å². The van der Waals surface area contributed by atoms with E-state index in [0.717, 1.165) is 5.56 Å². The highest BCUT2D eigenvalue weighted by molar-refractivity contribution is 5.73. The summed E-state index contributed by atoms with van der Waals surface area (Å²) in [7, 11) is 1.77. The summed E-state index contributed by atoms with van der Waals surface area (Å²) in [6.07, 6.45) is -13.3.